The van der Waals surface area contributed by atoms with Gasteiger partial charge in [0.15, 0.2) is 5.78 Å². The van der Waals surface area contributed by atoms with Crippen molar-refractivity contribution >= 4 is 18.1 Å². The van der Waals surface area contributed by atoms with Crippen LogP contribution in [0.25, 0.3) is 6.08 Å². The smallest absolute Gasteiger partial charge is 0.159 e. The summed E-state index contributed by atoms with van der Waals surface area (Å²) in [6.45, 7) is 1.52. The topological polar surface area (TPSA) is 34.1 Å². The standard InChI is InChI=1S/C11H10O2/c1-9(13)11-6-4-10(5-7-11)3-2-8-12/h2-8H,1H3. The summed E-state index contributed by atoms with van der Waals surface area (Å²) in [5, 5.41) is 0. The normalized spacial score (nSPS) is 10.2. The fourth-order valence-electron chi connectivity index (χ4n) is 0.979. The lowest BCUT2D eigenvalue weighted by Crippen LogP contribution is -1.90. The molecule has 0 bridgehead atoms. The Labute approximate surface area is 76.9 Å². The van der Waals surface area contributed by atoms with Crippen molar-refractivity contribution in [1.29, 1.82) is 0 Å². The third kappa shape index (κ3) is 2.67. The van der Waals surface area contributed by atoms with Gasteiger partial charge in [-0.25, -0.2) is 0 Å². The summed E-state index contributed by atoms with van der Waals surface area (Å²) in [7, 11) is 0. The van der Waals surface area contributed by atoms with Gasteiger partial charge in [0.05, 0.1) is 0 Å². The summed E-state index contributed by atoms with van der Waals surface area (Å²) in [6.07, 6.45) is 3.83. The van der Waals surface area contributed by atoms with Crippen LogP contribution in [0.3, 0.4) is 0 Å². The van der Waals surface area contributed by atoms with Crippen LogP contribution in [-0.2, 0) is 4.79 Å². The summed E-state index contributed by atoms with van der Waals surface area (Å²) >= 11 is 0. The van der Waals surface area contributed by atoms with Gasteiger partial charge < -0.3 is 0 Å². The van der Waals surface area contributed by atoms with Crippen molar-refractivity contribution in [2.75, 3.05) is 0 Å². The van der Waals surface area contributed by atoms with Crippen LogP contribution in [0.4, 0.5) is 0 Å². The molecule has 13 heavy (non-hydrogen) atoms. The van der Waals surface area contributed by atoms with Crippen molar-refractivity contribution < 1.29 is 9.59 Å². The molecule has 0 fully saturated rings. The lowest BCUT2D eigenvalue weighted by molar-refractivity contribution is -0.104. The first kappa shape index (κ1) is 9.39. The fourth-order valence-corrected chi connectivity index (χ4v) is 0.979. The zero-order chi connectivity index (χ0) is 9.68. The molecule has 0 aliphatic heterocycles. The highest BCUT2D eigenvalue weighted by Gasteiger charge is 1.96. The van der Waals surface area contributed by atoms with E-state index in [-0.39, 0.29) is 5.78 Å². The second-order valence-corrected chi connectivity index (χ2v) is 2.67. The number of aldehydes is 1. The number of allylic oxidation sites excluding steroid dienone is 1. The monoisotopic (exact) mass is 174 g/mol. The van der Waals surface area contributed by atoms with E-state index in [9.17, 15) is 9.59 Å². The van der Waals surface area contributed by atoms with Crippen LogP contribution in [0.5, 0.6) is 0 Å². The van der Waals surface area contributed by atoms with Gasteiger partial charge in [0, 0.05) is 5.56 Å². The molecule has 0 aromatic heterocycles. The average molecular weight is 174 g/mol. The molecule has 0 amide bonds. The van der Waals surface area contributed by atoms with Gasteiger partial charge in [0.25, 0.3) is 0 Å². The predicted octanol–water partition coefficient (Wildman–Crippen LogP) is 2.10. The Morgan fingerprint density at radius 3 is 2.31 bits per heavy atom. The maximum Gasteiger partial charge on any atom is 0.159 e. The first-order valence-corrected chi connectivity index (χ1v) is 3.97. The maximum absolute atomic E-state index is 10.9. The van der Waals surface area contributed by atoms with Crippen LogP contribution in [0.1, 0.15) is 22.8 Å². The van der Waals surface area contributed by atoms with Crippen molar-refractivity contribution in [2.24, 2.45) is 0 Å². The van der Waals surface area contributed by atoms with Crippen molar-refractivity contribution in [3.63, 3.8) is 0 Å². The van der Waals surface area contributed by atoms with Crippen LogP contribution in [0, 0.1) is 0 Å². The Balaban J connectivity index is 2.87. The first-order valence-electron chi connectivity index (χ1n) is 3.97. The Morgan fingerprint density at radius 2 is 1.85 bits per heavy atom. The molecule has 2 heteroatoms. The molecule has 1 aromatic rings. The average Bonchev–Trinajstić information content (AvgIpc) is 2.15. The van der Waals surface area contributed by atoms with Gasteiger partial charge in [-0.05, 0) is 18.6 Å². The molecule has 0 atom stereocenters. The van der Waals surface area contributed by atoms with Gasteiger partial charge in [-0.1, -0.05) is 30.3 Å². The van der Waals surface area contributed by atoms with Crippen molar-refractivity contribution in [3.05, 3.63) is 41.5 Å². The molecule has 0 heterocycles. The van der Waals surface area contributed by atoms with E-state index in [1.54, 1.807) is 30.3 Å². The van der Waals surface area contributed by atoms with Crippen molar-refractivity contribution in [3.8, 4) is 0 Å². The minimum atomic E-state index is 0.0471. The number of rotatable bonds is 3. The predicted molar refractivity (Wildman–Crippen MR) is 51.5 cm³/mol. The summed E-state index contributed by atoms with van der Waals surface area (Å²) in [4.78, 5) is 20.9. The third-order valence-electron chi connectivity index (χ3n) is 1.68. The van der Waals surface area contributed by atoms with E-state index >= 15 is 0 Å². The molecule has 66 valence electrons. The summed E-state index contributed by atoms with van der Waals surface area (Å²) in [5.74, 6) is 0.0471. The molecule has 1 rings (SSSR count). The lowest BCUT2D eigenvalue weighted by atomic mass is 10.1. The molecule has 0 spiro atoms. The molecular formula is C11H10O2. The summed E-state index contributed by atoms with van der Waals surface area (Å²) < 4.78 is 0. The van der Waals surface area contributed by atoms with Crippen LogP contribution in [0.15, 0.2) is 30.3 Å². The number of hydrogen-bond acceptors (Lipinski definition) is 2. The number of carbonyl (C=O) groups excluding carboxylic acids is 2. The quantitative estimate of drug-likeness (QED) is 0.399. The zero-order valence-electron chi connectivity index (χ0n) is 7.36. The molecule has 0 radical (unpaired) electrons. The van der Waals surface area contributed by atoms with E-state index in [0.29, 0.717) is 5.56 Å². The Kier molecular flexibility index (Phi) is 3.15. The Bertz CT molecular complexity index is 334. The number of hydrogen-bond donors (Lipinski definition) is 0. The van der Waals surface area contributed by atoms with Crippen molar-refractivity contribution in [1.82, 2.24) is 0 Å². The number of ketones is 1. The highest BCUT2D eigenvalue weighted by atomic mass is 16.1. The minimum Gasteiger partial charge on any atom is -0.299 e. The maximum atomic E-state index is 10.9. The van der Waals surface area contributed by atoms with E-state index in [1.165, 1.54) is 13.0 Å². The van der Waals surface area contributed by atoms with Crippen LogP contribution in [0.2, 0.25) is 0 Å². The molecule has 0 unspecified atom stereocenters. The van der Waals surface area contributed by atoms with Gasteiger partial charge in [-0.3, -0.25) is 9.59 Å². The summed E-state index contributed by atoms with van der Waals surface area (Å²) in [6, 6.07) is 7.09. The first-order chi connectivity index (χ1) is 6.24. The molecule has 0 aliphatic carbocycles. The van der Waals surface area contributed by atoms with Gasteiger partial charge >= 0.3 is 0 Å². The molecule has 2 nitrogen and oxygen atoms in total. The SMILES string of the molecule is CC(=O)c1ccc(C=CC=O)cc1. The second-order valence-electron chi connectivity index (χ2n) is 2.67. The van der Waals surface area contributed by atoms with Crippen LogP contribution >= 0.6 is 0 Å². The molecule has 0 saturated carbocycles. The number of Topliss-reactive ketones (excluding diaryl/α,β-unsaturated/α-hetero) is 1. The van der Waals surface area contributed by atoms with Crippen molar-refractivity contribution in [2.45, 2.75) is 6.92 Å². The number of carbonyl (C=O) groups is 2. The van der Waals surface area contributed by atoms with Gasteiger partial charge in [0.2, 0.25) is 0 Å². The third-order valence-corrected chi connectivity index (χ3v) is 1.68. The second kappa shape index (κ2) is 4.36. The Hall–Kier alpha value is -1.70. The van der Waals surface area contributed by atoms with Crippen LogP contribution < -0.4 is 0 Å². The van der Waals surface area contributed by atoms with E-state index < -0.39 is 0 Å². The van der Waals surface area contributed by atoms with E-state index in [1.807, 2.05) is 0 Å². The summed E-state index contributed by atoms with van der Waals surface area (Å²) in [5.41, 5.74) is 1.60. The molecule has 0 aliphatic rings. The van der Waals surface area contributed by atoms with E-state index in [2.05, 4.69) is 0 Å². The van der Waals surface area contributed by atoms with Gasteiger partial charge in [0.1, 0.15) is 6.29 Å². The fraction of sp³-hybridized carbons (Fsp3) is 0.0909. The molecule has 1 aromatic carbocycles. The molecular weight excluding hydrogens is 164 g/mol. The highest BCUT2D eigenvalue weighted by Crippen LogP contribution is 2.06. The van der Waals surface area contributed by atoms with E-state index in [4.69, 9.17) is 0 Å². The zero-order valence-corrected chi connectivity index (χ0v) is 7.36. The van der Waals surface area contributed by atoms with Gasteiger partial charge in [-0.2, -0.15) is 0 Å². The van der Waals surface area contributed by atoms with E-state index in [0.717, 1.165) is 11.8 Å². The molecule has 0 N–H and O–H groups in total. The minimum absolute atomic E-state index is 0.0471. The molecule has 0 saturated heterocycles. The highest BCUT2D eigenvalue weighted by molar-refractivity contribution is 5.94. The van der Waals surface area contributed by atoms with Crippen LogP contribution in [-0.4, -0.2) is 12.1 Å². The number of benzene rings is 1. The largest absolute Gasteiger partial charge is 0.299 e. The lowest BCUT2D eigenvalue weighted by Gasteiger charge is -1.95. The van der Waals surface area contributed by atoms with Gasteiger partial charge in [-0.15, -0.1) is 0 Å². The Morgan fingerprint density at radius 1 is 1.23 bits per heavy atom.